The normalized spacial score (nSPS) is 17.1. The molecule has 1 heterocycles. The summed E-state index contributed by atoms with van der Waals surface area (Å²) < 4.78 is 47.5. The van der Waals surface area contributed by atoms with E-state index >= 15 is 0 Å². The van der Waals surface area contributed by atoms with Crippen LogP contribution >= 0.6 is 0 Å². The Bertz CT molecular complexity index is 746. The van der Waals surface area contributed by atoms with Crippen LogP contribution in [0.15, 0.2) is 28.5 Å². The Morgan fingerprint density at radius 2 is 1.95 bits per heavy atom. The molecule has 0 radical (unpaired) electrons. The van der Waals surface area contributed by atoms with Gasteiger partial charge < -0.3 is 5.73 Å². The molecule has 0 atom stereocenters. The zero-order chi connectivity index (χ0) is 14.3. The summed E-state index contributed by atoms with van der Waals surface area (Å²) in [6.07, 6.45) is 0. The molecule has 1 aliphatic heterocycles. The van der Waals surface area contributed by atoms with Crippen molar-refractivity contribution in [1.29, 1.82) is 0 Å². The molecule has 1 aromatic carbocycles. The van der Waals surface area contributed by atoms with Gasteiger partial charge in [0.2, 0.25) is 9.84 Å². The number of sulfone groups is 2. The molecule has 19 heavy (non-hydrogen) atoms. The van der Waals surface area contributed by atoms with Gasteiger partial charge in [-0.2, -0.15) is 0 Å². The predicted octanol–water partition coefficient (Wildman–Crippen LogP) is 0.708. The van der Waals surface area contributed by atoms with Crippen LogP contribution in [0, 0.1) is 0 Å². The van der Waals surface area contributed by atoms with E-state index < -0.39 is 19.7 Å². The van der Waals surface area contributed by atoms with Gasteiger partial charge in [-0.1, -0.05) is 25.1 Å². The van der Waals surface area contributed by atoms with Gasteiger partial charge in [0.25, 0.3) is 0 Å². The van der Waals surface area contributed by atoms with Gasteiger partial charge in [0.15, 0.2) is 9.84 Å². The molecule has 2 rings (SSSR count). The lowest BCUT2D eigenvalue weighted by atomic mass is 10.1. The van der Waals surface area contributed by atoms with E-state index in [1.165, 1.54) is 6.92 Å². The van der Waals surface area contributed by atoms with Crippen molar-refractivity contribution in [1.82, 2.24) is 0 Å². The molecule has 0 aliphatic carbocycles. The van der Waals surface area contributed by atoms with E-state index in [4.69, 9.17) is 5.73 Å². The van der Waals surface area contributed by atoms with Crippen molar-refractivity contribution in [2.75, 3.05) is 11.5 Å². The summed E-state index contributed by atoms with van der Waals surface area (Å²) in [5.41, 5.74) is 6.83. The van der Waals surface area contributed by atoms with Crippen molar-refractivity contribution in [2.24, 2.45) is 5.73 Å². The summed E-state index contributed by atoms with van der Waals surface area (Å²) in [6, 6.07) is 4.95. The van der Waals surface area contributed by atoms with Crippen LogP contribution in [-0.2, 0) is 26.2 Å². The highest BCUT2D eigenvalue weighted by Gasteiger charge is 2.30. The van der Waals surface area contributed by atoms with Gasteiger partial charge in [-0.05, 0) is 16.7 Å². The Morgan fingerprint density at radius 1 is 1.26 bits per heavy atom. The molecule has 7 heteroatoms. The molecule has 0 amide bonds. The van der Waals surface area contributed by atoms with E-state index in [2.05, 4.69) is 0 Å². The molecule has 0 bridgehead atoms. The Balaban J connectivity index is 2.60. The quantitative estimate of drug-likeness (QED) is 0.883. The first-order chi connectivity index (χ1) is 8.80. The Labute approximate surface area is 113 Å². The third-order valence-corrected chi connectivity index (χ3v) is 6.34. The standard InChI is InChI=1S/C12H15NO4S2/c1-2-18(14,15)7-10-8-19(16,17)12-9(6-13)4-3-5-11(10)12/h3-5,8H,2,6-7,13H2,1H3. The second-order valence-corrected chi connectivity index (χ2v) is 8.45. The van der Waals surface area contributed by atoms with Gasteiger partial charge in [-0.15, -0.1) is 0 Å². The predicted molar refractivity (Wildman–Crippen MR) is 73.8 cm³/mol. The second kappa shape index (κ2) is 4.73. The van der Waals surface area contributed by atoms with Crippen molar-refractivity contribution in [2.45, 2.75) is 18.4 Å². The highest BCUT2D eigenvalue weighted by Crippen LogP contribution is 2.36. The van der Waals surface area contributed by atoms with Gasteiger partial charge in [0.1, 0.15) is 0 Å². The lowest BCUT2D eigenvalue weighted by Gasteiger charge is -2.07. The van der Waals surface area contributed by atoms with E-state index in [0.717, 1.165) is 5.41 Å². The maximum atomic E-state index is 12.1. The van der Waals surface area contributed by atoms with Crippen LogP contribution in [0.1, 0.15) is 18.1 Å². The molecular weight excluding hydrogens is 286 g/mol. The third-order valence-electron chi connectivity index (χ3n) is 3.06. The first-order valence-electron chi connectivity index (χ1n) is 5.79. The smallest absolute Gasteiger partial charge is 0.201 e. The maximum absolute atomic E-state index is 12.1. The van der Waals surface area contributed by atoms with Crippen molar-refractivity contribution < 1.29 is 16.8 Å². The van der Waals surface area contributed by atoms with Crippen molar-refractivity contribution in [3.05, 3.63) is 34.7 Å². The number of nitrogens with two attached hydrogens (primary N) is 1. The van der Waals surface area contributed by atoms with E-state index in [-0.39, 0.29) is 22.9 Å². The third kappa shape index (κ3) is 2.58. The molecule has 1 aliphatic rings. The minimum atomic E-state index is -3.58. The number of hydrogen-bond donors (Lipinski definition) is 1. The molecule has 0 aromatic heterocycles. The van der Waals surface area contributed by atoms with Gasteiger partial charge in [-0.25, -0.2) is 16.8 Å². The molecule has 0 spiro atoms. The van der Waals surface area contributed by atoms with Crippen LogP contribution in [-0.4, -0.2) is 28.3 Å². The average Bonchev–Trinajstić information content (AvgIpc) is 2.60. The van der Waals surface area contributed by atoms with Crippen LogP contribution < -0.4 is 5.73 Å². The number of hydrogen-bond acceptors (Lipinski definition) is 5. The topological polar surface area (TPSA) is 94.3 Å². The average molecular weight is 301 g/mol. The van der Waals surface area contributed by atoms with Crippen LogP contribution in [0.25, 0.3) is 5.57 Å². The van der Waals surface area contributed by atoms with Gasteiger partial charge in [0.05, 0.1) is 10.6 Å². The van der Waals surface area contributed by atoms with E-state index in [0.29, 0.717) is 16.7 Å². The first kappa shape index (κ1) is 14.2. The zero-order valence-corrected chi connectivity index (χ0v) is 12.1. The van der Waals surface area contributed by atoms with Crippen molar-refractivity contribution in [3.63, 3.8) is 0 Å². The maximum Gasteiger partial charge on any atom is 0.201 e. The molecule has 0 saturated heterocycles. The summed E-state index contributed by atoms with van der Waals surface area (Å²) in [4.78, 5) is 0.152. The zero-order valence-electron chi connectivity index (χ0n) is 10.5. The highest BCUT2D eigenvalue weighted by molar-refractivity contribution is 7.95. The second-order valence-electron chi connectivity index (χ2n) is 4.36. The highest BCUT2D eigenvalue weighted by atomic mass is 32.2. The number of rotatable bonds is 4. The fourth-order valence-corrected chi connectivity index (χ4v) is 4.84. The molecule has 0 fully saturated rings. The van der Waals surface area contributed by atoms with E-state index in [1.54, 1.807) is 18.2 Å². The fraction of sp³-hybridized carbons (Fsp3) is 0.333. The molecule has 104 valence electrons. The summed E-state index contributed by atoms with van der Waals surface area (Å²) in [5, 5.41) is 1.05. The Hall–Kier alpha value is -1.18. The molecule has 2 N–H and O–H groups in total. The van der Waals surface area contributed by atoms with Gasteiger partial charge >= 0.3 is 0 Å². The van der Waals surface area contributed by atoms with Crippen LogP contribution in [0.3, 0.4) is 0 Å². The van der Waals surface area contributed by atoms with Gasteiger partial charge in [-0.3, -0.25) is 0 Å². The summed E-state index contributed by atoms with van der Waals surface area (Å²) in [5.74, 6) is -0.278. The van der Waals surface area contributed by atoms with Crippen LogP contribution in [0.5, 0.6) is 0 Å². The van der Waals surface area contributed by atoms with E-state index in [9.17, 15) is 16.8 Å². The van der Waals surface area contributed by atoms with Crippen molar-refractivity contribution >= 4 is 25.2 Å². The first-order valence-corrected chi connectivity index (χ1v) is 9.16. The largest absolute Gasteiger partial charge is 0.326 e. The molecule has 0 saturated carbocycles. The van der Waals surface area contributed by atoms with Gasteiger partial charge in [0, 0.05) is 17.7 Å². The lowest BCUT2D eigenvalue weighted by molar-refractivity contribution is 0.600. The number of fused-ring (bicyclic) bond motifs is 1. The molecule has 5 nitrogen and oxygen atoms in total. The van der Waals surface area contributed by atoms with Crippen molar-refractivity contribution in [3.8, 4) is 0 Å². The van der Waals surface area contributed by atoms with E-state index in [1.807, 2.05) is 0 Å². The minimum Gasteiger partial charge on any atom is -0.326 e. The summed E-state index contributed by atoms with van der Waals surface area (Å²) >= 11 is 0. The molecular formula is C12H15NO4S2. The molecule has 0 unspecified atom stereocenters. The lowest BCUT2D eigenvalue weighted by Crippen LogP contribution is -2.10. The van der Waals surface area contributed by atoms with Crippen LogP contribution in [0.4, 0.5) is 0 Å². The number of benzene rings is 1. The summed E-state index contributed by atoms with van der Waals surface area (Å²) in [6.45, 7) is 1.64. The fourth-order valence-electron chi connectivity index (χ4n) is 2.09. The Morgan fingerprint density at radius 3 is 2.53 bits per heavy atom. The SMILES string of the molecule is CCS(=O)(=O)CC1=CS(=O)(=O)c2c(CN)cccc21. The molecule has 1 aromatic rings. The van der Waals surface area contributed by atoms with Crippen LogP contribution in [0.2, 0.25) is 0 Å². The minimum absolute atomic E-state index is 0.0176. The summed E-state index contributed by atoms with van der Waals surface area (Å²) in [7, 11) is -6.86. The monoisotopic (exact) mass is 301 g/mol. The Kier molecular flexibility index (Phi) is 3.55.